The van der Waals surface area contributed by atoms with E-state index in [-0.39, 0.29) is 5.78 Å². The summed E-state index contributed by atoms with van der Waals surface area (Å²) in [5.41, 5.74) is 1.71. The zero-order valence-electron chi connectivity index (χ0n) is 10.5. The van der Waals surface area contributed by atoms with Crippen molar-refractivity contribution in [2.24, 2.45) is 17.3 Å². The van der Waals surface area contributed by atoms with Crippen molar-refractivity contribution in [2.45, 2.75) is 41.0 Å². The lowest BCUT2D eigenvalue weighted by Gasteiger charge is -2.36. The van der Waals surface area contributed by atoms with E-state index in [1.165, 1.54) is 12.0 Å². The summed E-state index contributed by atoms with van der Waals surface area (Å²) in [4.78, 5) is 10.9. The molecular formula is C14H22O. The van der Waals surface area contributed by atoms with Crippen molar-refractivity contribution < 1.29 is 4.79 Å². The van der Waals surface area contributed by atoms with Crippen LogP contribution >= 0.6 is 0 Å². The smallest absolute Gasteiger partial charge is 0.152 e. The second-order valence-electron chi connectivity index (χ2n) is 5.55. The predicted octanol–water partition coefficient (Wildman–Crippen LogP) is 3.76. The molecule has 0 aliphatic heterocycles. The lowest BCUT2D eigenvalue weighted by molar-refractivity contribution is -0.112. The van der Waals surface area contributed by atoms with E-state index in [2.05, 4.69) is 39.8 Å². The SMILES string of the molecule is CC(=O)C=CC1C(C)=CC(C)(C)CC1C. The van der Waals surface area contributed by atoms with Gasteiger partial charge in [-0.1, -0.05) is 38.5 Å². The van der Waals surface area contributed by atoms with Crippen molar-refractivity contribution in [3.63, 3.8) is 0 Å². The summed E-state index contributed by atoms with van der Waals surface area (Å²) in [7, 11) is 0. The van der Waals surface area contributed by atoms with Crippen LogP contribution in [0.4, 0.5) is 0 Å². The fraction of sp³-hybridized carbons (Fsp3) is 0.643. The molecule has 1 rings (SSSR count). The van der Waals surface area contributed by atoms with Crippen LogP contribution in [0.2, 0.25) is 0 Å². The van der Waals surface area contributed by atoms with E-state index < -0.39 is 0 Å². The summed E-state index contributed by atoms with van der Waals surface area (Å²) in [5.74, 6) is 1.21. The fourth-order valence-electron chi connectivity index (χ4n) is 2.76. The first-order valence-corrected chi connectivity index (χ1v) is 5.70. The Labute approximate surface area is 93.3 Å². The van der Waals surface area contributed by atoms with Crippen LogP contribution in [-0.4, -0.2) is 5.78 Å². The Morgan fingerprint density at radius 2 is 2.13 bits per heavy atom. The first-order chi connectivity index (χ1) is 6.82. The van der Waals surface area contributed by atoms with E-state index in [0.717, 1.165) is 0 Å². The number of carbonyl (C=O) groups excluding carboxylic acids is 1. The van der Waals surface area contributed by atoms with Crippen molar-refractivity contribution in [3.05, 3.63) is 23.8 Å². The van der Waals surface area contributed by atoms with Crippen molar-refractivity contribution in [3.8, 4) is 0 Å². The maximum absolute atomic E-state index is 10.9. The van der Waals surface area contributed by atoms with Gasteiger partial charge < -0.3 is 0 Å². The first kappa shape index (κ1) is 12.2. The van der Waals surface area contributed by atoms with Crippen LogP contribution in [0.25, 0.3) is 0 Å². The molecule has 0 heterocycles. The molecule has 1 nitrogen and oxygen atoms in total. The van der Waals surface area contributed by atoms with Crippen molar-refractivity contribution in [2.75, 3.05) is 0 Å². The van der Waals surface area contributed by atoms with Gasteiger partial charge in [0.05, 0.1) is 0 Å². The van der Waals surface area contributed by atoms with Gasteiger partial charge in [-0.2, -0.15) is 0 Å². The molecule has 1 aliphatic rings. The van der Waals surface area contributed by atoms with Crippen LogP contribution in [0, 0.1) is 17.3 Å². The zero-order valence-corrected chi connectivity index (χ0v) is 10.5. The summed E-state index contributed by atoms with van der Waals surface area (Å²) < 4.78 is 0. The van der Waals surface area contributed by atoms with Gasteiger partial charge in [-0.15, -0.1) is 0 Å². The van der Waals surface area contributed by atoms with E-state index in [1.54, 1.807) is 13.0 Å². The Morgan fingerprint density at radius 1 is 1.53 bits per heavy atom. The third-order valence-electron chi connectivity index (χ3n) is 3.14. The Morgan fingerprint density at radius 3 is 2.60 bits per heavy atom. The molecule has 0 N–H and O–H groups in total. The van der Waals surface area contributed by atoms with E-state index in [4.69, 9.17) is 0 Å². The summed E-state index contributed by atoms with van der Waals surface area (Å²) in [6.07, 6.45) is 7.31. The summed E-state index contributed by atoms with van der Waals surface area (Å²) in [5, 5.41) is 0. The normalized spacial score (nSPS) is 30.3. The average molecular weight is 206 g/mol. The van der Waals surface area contributed by atoms with Crippen LogP contribution in [0.15, 0.2) is 23.8 Å². The van der Waals surface area contributed by atoms with Crippen LogP contribution in [0.5, 0.6) is 0 Å². The van der Waals surface area contributed by atoms with Gasteiger partial charge in [-0.05, 0) is 37.7 Å². The topological polar surface area (TPSA) is 17.1 Å². The Hall–Kier alpha value is -0.850. The molecule has 1 heteroatoms. The number of carbonyl (C=O) groups is 1. The molecule has 2 atom stereocenters. The van der Waals surface area contributed by atoms with Gasteiger partial charge in [0.25, 0.3) is 0 Å². The lowest BCUT2D eigenvalue weighted by atomic mass is 9.69. The van der Waals surface area contributed by atoms with Crippen LogP contribution in [-0.2, 0) is 4.79 Å². The fourth-order valence-corrected chi connectivity index (χ4v) is 2.76. The molecule has 0 spiro atoms. The minimum Gasteiger partial charge on any atom is -0.295 e. The molecule has 0 saturated heterocycles. The molecule has 0 aromatic heterocycles. The van der Waals surface area contributed by atoms with Crippen LogP contribution in [0.1, 0.15) is 41.0 Å². The molecule has 0 amide bonds. The standard InChI is InChI=1S/C14H22O/c1-10-8-14(4,5)9-11(2)13(10)7-6-12(3)15/h6-8,11,13H,9H2,1-5H3. The monoisotopic (exact) mass is 206 g/mol. The van der Waals surface area contributed by atoms with Gasteiger partial charge in [0, 0.05) is 5.92 Å². The van der Waals surface area contributed by atoms with Gasteiger partial charge in [-0.25, -0.2) is 0 Å². The van der Waals surface area contributed by atoms with E-state index in [9.17, 15) is 4.79 Å². The van der Waals surface area contributed by atoms with E-state index >= 15 is 0 Å². The summed E-state index contributed by atoms with van der Waals surface area (Å²) in [6.45, 7) is 10.6. The van der Waals surface area contributed by atoms with Crippen molar-refractivity contribution in [1.29, 1.82) is 0 Å². The Bertz CT molecular complexity index is 307. The maximum atomic E-state index is 10.9. The molecular weight excluding hydrogens is 184 g/mol. The molecule has 84 valence electrons. The van der Waals surface area contributed by atoms with Gasteiger partial charge in [0.2, 0.25) is 0 Å². The molecule has 0 saturated carbocycles. The third kappa shape index (κ3) is 3.33. The number of allylic oxidation sites excluding steroid dienone is 4. The quantitative estimate of drug-likeness (QED) is 0.496. The minimum absolute atomic E-state index is 0.139. The van der Waals surface area contributed by atoms with Gasteiger partial charge >= 0.3 is 0 Å². The second-order valence-corrected chi connectivity index (χ2v) is 5.55. The second kappa shape index (κ2) is 4.34. The third-order valence-corrected chi connectivity index (χ3v) is 3.14. The first-order valence-electron chi connectivity index (χ1n) is 5.70. The number of ketones is 1. The van der Waals surface area contributed by atoms with Crippen molar-refractivity contribution >= 4 is 5.78 Å². The maximum Gasteiger partial charge on any atom is 0.152 e. The van der Waals surface area contributed by atoms with Gasteiger partial charge in [0.1, 0.15) is 0 Å². The minimum atomic E-state index is 0.139. The summed E-state index contributed by atoms with van der Waals surface area (Å²) >= 11 is 0. The van der Waals surface area contributed by atoms with Crippen LogP contribution in [0.3, 0.4) is 0 Å². The molecule has 0 radical (unpaired) electrons. The lowest BCUT2D eigenvalue weighted by Crippen LogP contribution is -2.25. The highest BCUT2D eigenvalue weighted by atomic mass is 16.1. The highest BCUT2D eigenvalue weighted by Gasteiger charge is 2.29. The molecule has 2 unspecified atom stereocenters. The van der Waals surface area contributed by atoms with E-state index in [0.29, 0.717) is 17.3 Å². The van der Waals surface area contributed by atoms with E-state index in [1.807, 2.05) is 0 Å². The Kier molecular flexibility index (Phi) is 3.54. The van der Waals surface area contributed by atoms with Crippen molar-refractivity contribution in [1.82, 2.24) is 0 Å². The highest BCUT2D eigenvalue weighted by molar-refractivity contribution is 5.87. The zero-order chi connectivity index (χ0) is 11.6. The predicted molar refractivity (Wildman–Crippen MR) is 64.6 cm³/mol. The number of hydrogen-bond donors (Lipinski definition) is 0. The molecule has 1 aliphatic carbocycles. The molecule has 0 aromatic rings. The molecule has 0 aromatic carbocycles. The van der Waals surface area contributed by atoms with Crippen LogP contribution < -0.4 is 0 Å². The van der Waals surface area contributed by atoms with Gasteiger partial charge in [-0.3, -0.25) is 4.79 Å². The summed E-state index contributed by atoms with van der Waals surface area (Å²) in [6, 6.07) is 0. The van der Waals surface area contributed by atoms with Gasteiger partial charge in [0.15, 0.2) is 5.78 Å². The molecule has 15 heavy (non-hydrogen) atoms. The molecule has 0 fully saturated rings. The highest BCUT2D eigenvalue weighted by Crippen LogP contribution is 2.40. The average Bonchev–Trinajstić information content (AvgIpc) is 1.98. The molecule has 0 bridgehead atoms. The number of rotatable bonds is 2. The largest absolute Gasteiger partial charge is 0.295 e. The number of hydrogen-bond acceptors (Lipinski definition) is 1. The Balaban J connectivity index is 2.87.